The minimum atomic E-state index is -1.15. The zero-order chi connectivity index (χ0) is 13.7. The van der Waals surface area contributed by atoms with Crippen LogP contribution in [-0.2, 0) is 0 Å². The van der Waals surface area contributed by atoms with E-state index in [9.17, 15) is 13.2 Å². The van der Waals surface area contributed by atoms with Crippen LogP contribution < -0.4 is 0 Å². The Balaban J connectivity index is -0.000000245. The van der Waals surface area contributed by atoms with Gasteiger partial charge in [-0.05, 0) is 18.6 Å². The maximum absolute atomic E-state index is 12.4. The average molecular weight is 236 g/mol. The van der Waals surface area contributed by atoms with Crippen molar-refractivity contribution in [2.75, 3.05) is 0 Å². The van der Waals surface area contributed by atoms with Crippen LogP contribution in [-0.4, -0.2) is 0 Å². The van der Waals surface area contributed by atoms with Crippen molar-refractivity contribution < 1.29 is 13.2 Å². The van der Waals surface area contributed by atoms with Crippen molar-refractivity contribution in [3.63, 3.8) is 0 Å². The molecule has 0 atom stereocenters. The normalized spacial score (nSPS) is 7.38. The maximum Gasteiger partial charge on any atom is 0.161 e. The van der Waals surface area contributed by atoms with Crippen molar-refractivity contribution in [2.24, 2.45) is 0 Å². The summed E-state index contributed by atoms with van der Waals surface area (Å²) in [4.78, 5) is 0. The molecule has 96 valence electrons. The smallest absolute Gasteiger partial charge is 0.161 e. The second kappa shape index (κ2) is 14.0. The Morgan fingerprint density at radius 3 is 1.25 bits per heavy atom. The van der Waals surface area contributed by atoms with Gasteiger partial charge in [-0.15, -0.1) is 0 Å². The molecule has 0 bridgehead atoms. The van der Waals surface area contributed by atoms with E-state index in [1.807, 2.05) is 41.5 Å². The predicted octanol–water partition coefficient (Wildman–Crippen LogP) is 5.49. The Kier molecular flexibility index (Phi) is 17.9. The van der Waals surface area contributed by atoms with Crippen LogP contribution in [0.5, 0.6) is 0 Å². The monoisotopic (exact) mass is 236 g/mol. The molecule has 0 aliphatic carbocycles. The molecule has 0 unspecified atom stereocenters. The quantitative estimate of drug-likeness (QED) is 0.522. The molecule has 0 heterocycles. The third kappa shape index (κ3) is 8.33. The van der Waals surface area contributed by atoms with Crippen LogP contribution in [0.2, 0.25) is 0 Å². The van der Waals surface area contributed by atoms with E-state index in [0.717, 1.165) is 6.07 Å². The van der Waals surface area contributed by atoms with Gasteiger partial charge >= 0.3 is 0 Å². The van der Waals surface area contributed by atoms with Crippen molar-refractivity contribution in [3.05, 3.63) is 35.1 Å². The second-order valence-corrected chi connectivity index (χ2v) is 2.02. The van der Waals surface area contributed by atoms with Crippen LogP contribution in [0.15, 0.2) is 12.1 Å². The number of halogens is 3. The molecule has 0 N–H and O–H groups in total. The summed E-state index contributed by atoms with van der Waals surface area (Å²) in [5, 5.41) is 0. The Morgan fingerprint density at radius 1 is 0.625 bits per heavy atom. The molecular formula is C13H23F3. The molecule has 0 amide bonds. The molecule has 0 saturated carbocycles. The lowest BCUT2D eigenvalue weighted by Crippen LogP contribution is -1.89. The first-order valence-corrected chi connectivity index (χ1v) is 5.72. The van der Waals surface area contributed by atoms with Gasteiger partial charge in [-0.3, -0.25) is 0 Å². The zero-order valence-electron chi connectivity index (χ0n) is 11.3. The van der Waals surface area contributed by atoms with E-state index in [1.54, 1.807) is 0 Å². The summed E-state index contributed by atoms with van der Waals surface area (Å²) in [6.07, 6.45) is 0. The molecule has 1 aromatic rings. The minimum absolute atomic E-state index is 0.110. The van der Waals surface area contributed by atoms with Gasteiger partial charge in [0.1, 0.15) is 5.82 Å². The average Bonchev–Trinajstić information content (AvgIpc) is 2.34. The number of benzene rings is 1. The van der Waals surface area contributed by atoms with Gasteiger partial charge in [0.15, 0.2) is 11.6 Å². The molecule has 0 fully saturated rings. The Hall–Kier alpha value is -0.990. The highest BCUT2D eigenvalue weighted by Crippen LogP contribution is 2.11. The first kappa shape index (κ1) is 20.4. The fourth-order valence-electron chi connectivity index (χ4n) is 0.622. The molecule has 1 rings (SSSR count). The number of hydrogen-bond donors (Lipinski definition) is 0. The van der Waals surface area contributed by atoms with E-state index in [0.29, 0.717) is 6.07 Å². The van der Waals surface area contributed by atoms with Gasteiger partial charge in [-0.1, -0.05) is 41.5 Å². The van der Waals surface area contributed by atoms with Crippen LogP contribution >= 0.6 is 0 Å². The topological polar surface area (TPSA) is 0 Å². The van der Waals surface area contributed by atoms with Gasteiger partial charge in [0.05, 0.1) is 0 Å². The first-order valence-electron chi connectivity index (χ1n) is 5.72. The Morgan fingerprint density at radius 2 is 0.938 bits per heavy atom. The summed E-state index contributed by atoms with van der Waals surface area (Å²) in [5.74, 6) is -2.89. The van der Waals surface area contributed by atoms with E-state index in [2.05, 4.69) is 0 Å². The molecule has 16 heavy (non-hydrogen) atoms. The summed E-state index contributed by atoms with van der Waals surface area (Å²) >= 11 is 0. The van der Waals surface area contributed by atoms with Gasteiger partial charge in [0.25, 0.3) is 0 Å². The zero-order valence-corrected chi connectivity index (χ0v) is 11.3. The first-order chi connectivity index (χ1) is 7.61. The highest BCUT2D eigenvalue weighted by atomic mass is 19.2. The number of rotatable bonds is 0. The molecule has 0 spiro atoms. The third-order valence-corrected chi connectivity index (χ3v) is 1.20. The SMILES string of the molecule is CC.CC.CC.Cc1cc(F)c(F)cc1F. The molecule has 1 aromatic carbocycles. The predicted molar refractivity (Wildman–Crippen MR) is 65.1 cm³/mol. The molecular weight excluding hydrogens is 213 g/mol. The van der Waals surface area contributed by atoms with E-state index in [1.165, 1.54) is 6.92 Å². The highest BCUT2D eigenvalue weighted by molar-refractivity contribution is 5.17. The molecule has 0 aliphatic rings. The van der Waals surface area contributed by atoms with Crippen LogP contribution in [0, 0.1) is 24.4 Å². The van der Waals surface area contributed by atoms with E-state index >= 15 is 0 Å². The van der Waals surface area contributed by atoms with Crippen LogP contribution in [0.25, 0.3) is 0 Å². The summed E-state index contributed by atoms with van der Waals surface area (Å²) in [7, 11) is 0. The number of hydrogen-bond acceptors (Lipinski definition) is 0. The maximum atomic E-state index is 12.4. The molecule has 0 saturated heterocycles. The van der Waals surface area contributed by atoms with Gasteiger partial charge in [0.2, 0.25) is 0 Å². The number of aryl methyl sites for hydroxylation is 1. The Labute approximate surface area is 97.5 Å². The van der Waals surface area contributed by atoms with Gasteiger partial charge in [-0.2, -0.15) is 0 Å². The third-order valence-electron chi connectivity index (χ3n) is 1.20. The second-order valence-electron chi connectivity index (χ2n) is 2.02. The Bertz CT molecular complexity index is 207. The summed E-state index contributed by atoms with van der Waals surface area (Å²) in [6.45, 7) is 13.4. The van der Waals surface area contributed by atoms with Crippen LogP contribution in [0.4, 0.5) is 13.2 Å². The van der Waals surface area contributed by atoms with Gasteiger partial charge < -0.3 is 0 Å². The molecule has 0 aliphatic heterocycles. The lowest BCUT2D eigenvalue weighted by Gasteiger charge is -1.95. The largest absolute Gasteiger partial charge is 0.207 e. The van der Waals surface area contributed by atoms with Crippen molar-refractivity contribution in [3.8, 4) is 0 Å². The molecule has 3 heteroatoms. The van der Waals surface area contributed by atoms with Crippen molar-refractivity contribution in [1.29, 1.82) is 0 Å². The summed E-state index contributed by atoms with van der Waals surface area (Å²) in [5.41, 5.74) is 0.110. The highest BCUT2D eigenvalue weighted by Gasteiger charge is 2.04. The fourth-order valence-corrected chi connectivity index (χ4v) is 0.622. The molecule has 0 nitrogen and oxygen atoms in total. The van der Waals surface area contributed by atoms with Crippen LogP contribution in [0.1, 0.15) is 47.1 Å². The van der Waals surface area contributed by atoms with Crippen LogP contribution in [0.3, 0.4) is 0 Å². The standard InChI is InChI=1S/C7H5F3.3C2H6/c1-4-2-6(9)7(10)3-5(4)8;3*1-2/h2-3H,1H3;3*1-2H3. The minimum Gasteiger partial charge on any atom is -0.207 e. The van der Waals surface area contributed by atoms with Crippen molar-refractivity contribution in [2.45, 2.75) is 48.5 Å². The lowest BCUT2D eigenvalue weighted by molar-refractivity contribution is 0.492. The van der Waals surface area contributed by atoms with Crippen molar-refractivity contribution >= 4 is 0 Å². The van der Waals surface area contributed by atoms with Gasteiger partial charge in [0, 0.05) is 6.07 Å². The fraction of sp³-hybridized carbons (Fsp3) is 0.538. The van der Waals surface area contributed by atoms with Gasteiger partial charge in [-0.25, -0.2) is 13.2 Å². The summed E-state index contributed by atoms with van der Waals surface area (Å²) < 4.78 is 36.7. The van der Waals surface area contributed by atoms with Crippen molar-refractivity contribution in [1.82, 2.24) is 0 Å². The van der Waals surface area contributed by atoms with E-state index in [4.69, 9.17) is 0 Å². The summed E-state index contributed by atoms with van der Waals surface area (Å²) in [6, 6.07) is 1.36. The van der Waals surface area contributed by atoms with E-state index in [-0.39, 0.29) is 5.56 Å². The molecule has 0 radical (unpaired) electrons. The lowest BCUT2D eigenvalue weighted by atomic mass is 10.2. The van der Waals surface area contributed by atoms with E-state index < -0.39 is 17.5 Å². The molecule has 0 aromatic heterocycles.